The Labute approximate surface area is 210 Å². The number of amides is 1. The number of aromatic hydroxyl groups is 1. The number of benzene rings is 3. The van der Waals surface area contributed by atoms with E-state index in [9.17, 15) is 18.3 Å². The Morgan fingerprint density at radius 2 is 1.47 bits per heavy atom. The van der Waals surface area contributed by atoms with Gasteiger partial charge in [-0.2, -0.15) is 0 Å². The van der Waals surface area contributed by atoms with E-state index < -0.39 is 15.7 Å². The summed E-state index contributed by atoms with van der Waals surface area (Å²) in [6, 6.07) is 24.1. The van der Waals surface area contributed by atoms with Crippen LogP contribution in [0.3, 0.4) is 0 Å². The Morgan fingerprint density at radius 3 is 2.19 bits per heavy atom. The fraction of sp³-hybridized carbons (Fsp3) is 0.172. The van der Waals surface area contributed by atoms with Crippen molar-refractivity contribution >= 4 is 21.5 Å². The van der Waals surface area contributed by atoms with E-state index in [1.807, 2.05) is 61.5 Å². The quantitative estimate of drug-likeness (QED) is 0.291. The molecule has 1 aromatic heterocycles. The molecule has 2 N–H and O–H groups in total. The molecule has 0 fully saturated rings. The van der Waals surface area contributed by atoms with E-state index in [0.717, 1.165) is 24.0 Å². The minimum absolute atomic E-state index is 0.0730. The summed E-state index contributed by atoms with van der Waals surface area (Å²) in [7, 11) is -3.45. The van der Waals surface area contributed by atoms with Crippen LogP contribution in [0.25, 0.3) is 22.4 Å². The molecular weight excluding hydrogens is 472 g/mol. The Hall–Kier alpha value is -3.97. The molecule has 0 unspecified atom stereocenters. The summed E-state index contributed by atoms with van der Waals surface area (Å²) in [6.07, 6.45) is 2.38. The molecule has 0 spiro atoms. The maximum Gasteiger partial charge on any atom is 0.280 e. The lowest BCUT2D eigenvalue weighted by Crippen LogP contribution is -2.07. The van der Waals surface area contributed by atoms with Crippen molar-refractivity contribution in [3.05, 3.63) is 95.6 Å². The number of carbonyl (C=O) groups is 1. The van der Waals surface area contributed by atoms with Crippen LogP contribution in [0.2, 0.25) is 0 Å². The van der Waals surface area contributed by atoms with Gasteiger partial charge in [0.1, 0.15) is 0 Å². The molecule has 0 bridgehead atoms. The number of aromatic nitrogens is 1. The number of aromatic amines is 1. The molecule has 0 aliphatic carbocycles. The molecule has 4 aromatic rings. The third-order valence-corrected chi connectivity index (χ3v) is 8.21. The van der Waals surface area contributed by atoms with Crippen LogP contribution in [-0.4, -0.2) is 35.9 Å². The topological polar surface area (TPSA) is 99.6 Å². The number of aliphatic imine (C=N–C) groups is 1. The average molecular weight is 499 g/mol. The van der Waals surface area contributed by atoms with Crippen LogP contribution in [0.15, 0.2) is 88.8 Å². The van der Waals surface area contributed by atoms with Gasteiger partial charge in [-0.25, -0.2) is 13.4 Å². The Kier molecular flexibility index (Phi) is 6.33. The predicted octanol–water partition coefficient (Wildman–Crippen LogP) is 6.01. The molecule has 3 aromatic carbocycles. The molecular formula is C29H26N2O4S. The zero-order valence-corrected chi connectivity index (χ0v) is 20.7. The van der Waals surface area contributed by atoms with E-state index in [1.165, 1.54) is 0 Å². The molecule has 0 radical (unpaired) electrons. The number of rotatable bonds is 8. The summed E-state index contributed by atoms with van der Waals surface area (Å²) in [5.41, 5.74) is 4.64. The molecule has 5 rings (SSSR count). The smallest absolute Gasteiger partial charge is 0.280 e. The van der Waals surface area contributed by atoms with E-state index in [1.54, 1.807) is 24.3 Å². The zero-order chi connectivity index (χ0) is 25.3. The minimum Gasteiger partial charge on any atom is -0.494 e. The number of nitrogens with zero attached hydrogens (tertiary/aromatic N) is 1. The van der Waals surface area contributed by atoms with E-state index in [2.05, 4.69) is 9.98 Å². The summed E-state index contributed by atoms with van der Waals surface area (Å²) in [5, 5.41) is 10.8. The molecule has 2 heterocycles. The summed E-state index contributed by atoms with van der Waals surface area (Å²) in [5.74, 6) is -0.577. The number of carbonyl (C=O) groups excluding carboxylic acids is 1. The Bertz CT molecular complexity index is 1570. The van der Waals surface area contributed by atoms with Crippen LogP contribution in [0, 0.1) is 0 Å². The molecule has 1 aliphatic rings. The highest BCUT2D eigenvalue weighted by molar-refractivity contribution is 7.91. The number of unbranched alkanes of at least 4 members (excludes halogenated alkanes) is 2. The van der Waals surface area contributed by atoms with Crippen molar-refractivity contribution in [2.24, 2.45) is 4.99 Å². The van der Waals surface area contributed by atoms with Crippen LogP contribution in [0.4, 0.5) is 0 Å². The van der Waals surface area contributed by atoms with Crippen LogP contribution in [-0.2, 0) is 9.84 Å². The van der Waals surface area contributed by atoms with Gasteiger partial charge in [-0.3, -0.25) is 4.79 Å². The van der Waals surface area contributed by atoms with Crippen LogP contribution < -0.4 is 0 Å². The highest BCUT2D eigenvalue weighted by Gasteiger charge is 2.33. The van der Waals surface area contributed by atoms with Crippen molar-refractivity contribution in [3.63, 3.8) is 0 Å². The number of nitrogens with one attached hydrogen (secondary N) is 1. The van der Waals surface area contributed by atoms with Gasteiger partial charge in [0.15, 0.2) is 15.7 Å². The van der Waals surface area contributed by atoms with Crippen molar-refractivity contribution in [2.75, 3.05) is 5.75 Å². The fourth-order valence-electron chi connectivity index (χ4n) is 4.53. The van der Waals surface area contributed by atoms with Crippen LogP contribution in [0.1, 0.15) is 47.7 Å². The summed E-state index contributed by atoms with van der Waals surface area (Å²) in [4.78, 5) is 20.3. The summed E-state index contributed by atoms with van der Waals surface area (Å²) in [6.45, 7) is 2.02. The van der Waals surface area contributed by atoms with E-state index in [4.69, 9.17) is 0 Å². The van der Waals surface area contributed by atoms with Crippen LogP contribution in [0.5, 0.6) is 5.88 Å². The van der Waals surface area contributed by atoms with Gasteiger partial charge in [0.25, 0.3) is 5.91 Å². The van der Waals surface area contributed by atoms with Gasteiger partial charge in [-0.15, -0.1) is 0 Å². The monoisotopic (exact) mass is 498 g/mol. The lowest BCUT2D eigenvalue weighted by Gasteiger charge is -2.07. The van der Waals surface area contributed by atoms with Gasteiger partial charge < -0.3 is 10.1 Å². The maximum absolute atomic E-state index is 13.0. The van der Waals surface area contributed by atoms with E-state index in [-0.39, 0.29) is 22.1 Å². The third kappa shape index (κ3) is 4.38. The lowest BCUT2D eigenvalue weighted by atomic mass is 9.98. The first-order valence-electron chi connectivity index (χ1n) is 12.0. The predicted molar refractivity (Wildman–Crippen MR) is 141 cm³/mol. The Balaban J connectivity index is 1.49. The van der Waals surface area contributed by atoms with Gasteiger partial charge >= 0.3 is 0 Å². The summed E-state index contributed by atoms with van der Waals surface area (Å²) >= 11 is 0. The van der Waals surface area contributed by atoms with Crippen LogP contribution >= 0.6 is 0 Å². The number of H-pyrrole nitrogens is 1. The second-order valence-electron chi connectivity index (χ2n) is 8.86. The minimum atomic E-state index is -3.45. The molecule has 182 valence electrons. The molecule has 0 saturated heterocycles. The second kappa shape index (κ2) is 9.59. The zero-order valence-electron chi connectivity index (χ0n) is 19.9. The fourth-order valence-corrected chi connectivity index (χ4v) is 5.94. The van der Waals surface area contributed by atoms with Crippen molar-refractivity contribution in [1.29, 1.82) is 0 Å². The second-order valence-corrected chi connectivity index (χ2v) is 11.0. The molecule has 1 amide bonds. The number of hydrogen-bond acceptors (Lipinski definition) is 4. The molecule has 7 heteroatoms. The number of hydrogen-bond donors (Lipinski definition) is 2. The largest absolute Gasteiger partial charge is 0.494 e. The third-order valence-electron chi connectivity index (χ3n) is 6.41. The molecule has 1 aliphatic heterocycles. The normalized spacial score (nSPS) is 13.0. The molecule has 36 heavy (non-hydrogen) atoms. The lowest BCUT2D eigenvalue weighted by molar-refractivity contribution is 0.101. The van der Waals surface area contributed by atoms with Gasteiger partial charge in [0.05, 0.1) is 33.2 Å². The van der Waals surface area contributed by atoms with Crippen molar-refractivity contribution in [2.45, 2.75) is 31.1 Å². The van der Waals surface area contributed by atoms with Gasteiger partial charge in [-0.1, -0.05) is 86.5 Å². The maximum atomic E-state index is 13.0. The molecule has 6 nitrogen and oxygen atoms in total. The first-order valence-corrected chi connectivity index (χ1v) is 13.6. The van der Waals surface area contributed by atoms with Gasteiger partial charge in [-0.05, 0) is 29.7 Å². The molecule has 0 saturated carbocycles. The molecule has 0 atom stereocenters. The summed E-state index contributed by atoms with van der Waals surface area (Å²) < 4.78 is 25.6. The van der Waals surface area contributed by atoms with Crippen molar-refractivity contribution < 1.29 is 18.3 Å². The SMILES string of the molecule is CCCCCS(=O)(=O)c1cccc(-c2[nH]c(O)c3c2C(=O)N=C3c2ccc(-c3ccccc3)cc2)c1. The first-order chi connectivity index (χ1) is 17.4. The van der Waals surface area contributed by atoms with E-state index in [0.29, 0.717) is 34.5 Å². The highest BCUT2D eigenvalue weighted by atomic mass is 32.2. The number of fused-ring (bicyclic) bond motifs is 1. The van der Waals surface area contributed by atoms with E-state index >= 15 is 0 Å². The van der Waals surface area contributed by atoms with Gasteiger partial charge in [0, 0.05) is 11.1 Å². The van der Waals surface area contributed by atoms with Crippen molar-refractivity contribution in [1.82, 2.24) is 4.98 Å². The number of sulfone groups is 1. The highest BCUT2D eigenvalue weighted by Crippen LogP contribution is 2.38. The van der Waals surface area contributed by atoms with Crippen molar-refractivity contribution in [3.8, 4) is 28.3 Å². The van der Waals surface area contributed by atoms with Gasteiger partial charge in [0.2, 0.25) is 0 Å². The first kappa shape index (κ1) is 23.8. The standard InChI is InChI=1S/C29H26N2O4S/c1-2-3-7-17-36(34,35)23-12-8-11-22(18-23)27-25-24(28(32)31-27)26(30-29(25)33)21-15-13-20(14-16-21)19-9-5-4-6-10-19/h4-6,8-16,18,31-32H,2-3,7,17H2,1H3. The average Bonchev–Trinajstić information content (AvgIpc) is 3.43. The Morgan fingerprint density at radius 1 is 0.806 bits per heavy atom.